The quantitative estimate of drug-likeness (QED) is 0.0977. The molecule has 0 fully saturated rings. The smallest absolute Gasteiger partial charge is 0.408 e. The van der Waals surface area contributed by atoms with Crippen molar-refractivity contribution in [1.82, 2.24) is 25.4 Å². The molecule has 1 heterocycles. The number of nitrogens with one attached hydrogen (secondary N) is 2. The molecule has 1 aliphatic carbocycles. The molecule has 11 heteroatoms. The number of rotatable bonds is 14. The third-order valence-corrected chi connectivity index (χ3v) is 8.86. The Labute approximate surface area is 312 Å². The lowest BCUT2D eigenvalue weighted by atomic mass is 9.98. The second kappa shape index (κ2) is 17.1. The molecule has 0 saturated heterocycles. The number of ether oxygens (including phenoxy) is 3. The number of aryl methyl sites for hydroxylation is 1. The number of carbonyl (C=O) groups excluding carboxylic acids is 3. The first-order chi connectivity index (χ1) is 25.2. The zero-order chi connectivity index (χ0) is 38.2. The van der Waals surface area contributed by atoms with Crippen LogP contribution >= 0.6 is 0 Å². The molecule has 5 rings (SSSR count). The van der Waals surface area contributed by atoms with Crippen molar-refractivity contribution < 1.29 is 28.6 Å². The molecule has 0 radical (unpaired) electrons. The molecule has 1 aromatic heterocycles. The van der Waals surface area contributed by atoms with E-state index in [0.29, 0.717) is 31.0 Å². The lowest BCUT2D eigenvalue weighted by molar-refractivity contribution is -0.155. The van der Waals surface area contributed by atoms with Crippen LogP contribution in [0.4, 0.5) is 9.59 Å². The average molecular weight is 724 g/mol. The molecule has 2 atom stereocenters. The fourth-order valence-electron chi connectivity index (χ4n) is 6.62. The maximum absolute atomic E-state index is 13.7. The molecule has 11 nitrogen and oxygen atoms in total. The molecule has 0 saturated carbocycles. The second-order valence-electron chi connectivity index (χ2n) is 15.5. The first kappa shape index (κ1) is 39.0. The van der Waals surface area contributed by atoms with Crippen molar-refractivity contribution in [3.8, 4) is 11.1 Å². The van der Waals surface area contributed by atoms with Gasteiger partial charge in [0.25, 0.3) is 0 Å². The monoisotopic (exact) mass is 723 g/mol. The molecular formula is C42H53N5O6. The van der Waals surface area contributed by atoms with Gasteiger partial charge in [-0.3, -0.25) is 4.79 Å². The summed E-state index contributed by atoms with van der Waals surface area (Å²) in [6.07, 6.45) is 1.40. The highest BCUT2D eigenvalue weighted by Crippen LogP contribution is 2.44. The highest BCUT2D eigenvalue weighted by molar-refractivity contribution is 5.79. The van der Waals surface area contributed by atoms with Gasteiger partial charge in [-0.2, -0.15) is 0 Å². The van der Waals surface area contributed by atoms with Crippen LogP contribution in [-0.4, -0.2) is 50.7 Å². The minimum atomic E-state index is -0.953. The molecule has 0 unspecified atom stereocenters. The Bertz CT molecular complexity index is 1810. The largest absolute Gasteiger partial charge is 0.460 e. The van der Waals surface area contributed by atoms with Crippen LogP contribution < -0.4 is 10.6 Å². The van der Waals surface area contributed by atoms with E-state index in [4.69, 9.17) is 14.2 Å². The fourth-order valence-corrected chi connectivity index (χ4v) is 6.62. The van der Waals surface area contributed by atoms with Crippen LogP contribution in [0, 0.1) is 0 Å². The standard InChI is InChI=1S/C42H53N5O6/c1-8-9-23-34(43-40(50)53-42(5,6)7)37-45-46-38(47(37)25-24-28-17-11-10-12-18-28)35(26-36(48)52-41(2,3)4)44-39(49)51-27-33-31-21-15-13-19-29(31)30-20-14-16-22-32(30)33/h10-22,33-35H,8-9,23-27H2,1-7H3,(H,43,50)(H,44,49)/t34-,35-/m0/s1. The summed E-state index contributed by atoms with van der Waals surface area (Å²) >= 11 is 0. The number of benzene rings is 3. The Morgan fingerprint density at radius 3 is 1.87 bits per heavy atom. The summed E-state index contributed by atoms with van der Waals surface area (Å²) in [7, 11) is 0. The second-order valence-corrected chi connectivity index (χ2v) is 15.5. The number of hydrogen-bond donors (Lipinski definition) is 2. The van der Waals surface area contributed by atoms with E-state index in [1.807, 2.05) is 79.9 Å². The van der Waals surface area contributed by atoms with Gasteiger partial charge in [0, 0.05) is 12.5 Å². The van der Waals surface area contributed by atoms with Crippen LogP contribution in [0.2, 0.25) is 0 Å². The van der Waals surface area contributed by atoms with E-state index in [1.165, 1.54) is 0 Å². The number of hydrogen-bond acceptors (Lipinski definition) is 8. The number of fused-ring (bicyclic) bond motifs is 3. The summed E-state index contributed by atoms with van der Waals surface area (Å²) < 4.78 is 19.1. The summed E-state index contributed by atoms with van der Waals surface area (Å²) in [6.45, 7) is 13.4. The predicted molar refractivity (Wildman–Crippen MR) is 203 cm³/mol. The molecule has 0 aliphatic heterocycles. The number of amides is 2. The summed E-state index contributed by atoms with van der Waals surface area (Å²) in [5.41, 5.74) is 4.06. The zero-order valence-corrected chi connectivity index (χ0v) is 32.0. The molecular weight excluding hydrogens is 670 g/mol. The van der Waals surface area contributed by atoms with Gasteiger partial charge in [0.15, 0.2) is 11.6 Å². The number of unbranched alkanes of at least 4 members (excludes halogenated alkanes) is 1. The van der Waals surface area contributed by atoms with Gasteiger partial charge < -0.3 is 29.4 Å². The Balaban J connectivity index is 1.46. The number of carbonyl (C=O) groups is 3. The molecule has 3 aromatic carbocycles. The Kier molecular flexibility index (Phi) is 12.6. The third-order valence-electron chi connectivity index (χ3n) is 8.86. The van der Waals surface area contributed by atoms with E-state index >= 15 is 0 Å². The topological polar surface area (TPSA) is 134 Å². The number of aromatic nitrogens is 3. The summed E-state index contributed by atoms with van der Waals surface area (Å²) in [6, 6.07) is 24.7. The van der Waals surface area contributed by atoms with Crippen LogP contribution in [0.3, 0.4) is 0 Å². The van der Waals surface area contributed by atoms with Crippen molar-refractivity contribution in [2.75, 3.05) is 6.61 Å². The molecule has 2 amide bonds. The Morgan fingerprint density at radius 1 is 0.736 bits per heavy atom. The van der Waals surface area contributed by atoms with E-state index in [0.717, 1.165) is 40.7 Å². The Hall–Kier alpha value is -5.19. The summed E-state index contributed by atoms with van der Waals surface area (Å²) in [5, 5.41) is 15.1. The van der Waals surface area contributed by atoms with Crippen LogP contribution in [0.15, 0.2) is 78.9 Å². The van der Waals surface area contributed by atoms with Crippen LogP contribution in [0.25, 0.3) is 11.1 Å². The van der Waals surface area contributed by atoms with Crippen molar-refractivity contribution in [2.24, 2.45) is 0 Å². The SMILES string of the molecule is CCCC[C@H](NC(=O)OC(C)(C)C)c1nnc([C@H](CC(=O)OC(C)(C)C)NC(=O)OCC2c3ccccc3-c3ccccc32)n1CCc1ccccc1. The van der Waals surface area contributed by atoms with E-state index in [1.54, 1.807) is 20.8 Å². The highest BCUT2D eigenvalue weighted by atomic mass is 16.6. The molecule has 1 aliphatic rings. The molecule has 4 aromatic rings. The van der Waals surface area contributed by atoms with E-state index in [9.17, 15) is 14.4 Å². The Morgan fingerprint density at radius 2 is 1.28 bits per heavy atom. The zero-order valence-electron chi connectivity index (χ0n) is 32.0. The maximum atomic E-state index is 13.7. The lowest BCUT2D eigenvalue weighted by Gasteiger charge is -2.25. The summed E-state index contributed by atoms with van der Waals surface area (Å²) in [5.74, 6) is 0.188. The average Bonchev–Trinajstić information content (AvgIpc) is 3.66. The van der Waals surface area contributed by atoms with Gasteiger partial charge in [-0.1, -0.05) is 98.6 Å². The van der Waals surface area contributed by atoms with Crippen LogP contribution in [-0.2, 0) is 32.0 Å². The molecule has 2 N–H and O–H groups in total. The number of esters is 1. The van der Waals surface area contributed by atoms with Gasteiger partial charge in [-0.15, -0.1) is 10.2 Å². The van der Waals surface area contributed by atoms with E-state index in [2.05, 4.69) is 52.0 Å². The minimum Gasteiger partial charge on any atom is -0.460 e. The molecule has 0 bridgehead atoms. The number of alkyl carbamates (subject to hydrolysis) is 2. The predicted octanol–water partition coefficient (Wildman–Crippen LogP) is 8.59. The fraction of sp³-hybridized carbons (Fsp3) is 0.452. The van der Waals surface area contributed by atoms with Crippen LogP contribution in [0.1, 0.15) is 120 Å². The van der Waals surface area contributed by atoms with Crippen molar-refractivity contribution in [3.63, 3.8) is 0 Å². The van der Waals surface area contributed by atoms with Crippen molar-refractivity contribution in [3.05, 3.63) is 107 Å². The van der Waals surface area contributed by atoms with Gasteiger partial charge in [0.1, 0.15) is 23.9 Å². The van der Waals surface area contributed by atoms with Gasteiger partial charge in [0.05, 0.1) is 12.5 Å². The van der Waals surface area contributed by atoms with Crippen molar-refractivity contribution in [1.29, 1.82) is 0 Å². The maximum Gasteiger partial charge on any atom is 0.408 e. The molecule has 53 heavy (non-hydrogen) atoms. The van der Waals surface area contributed by atoms with Crippen molar-refractivity contribution in [2.45, 2.75) is 116 Å². The first-order valence-corrected chi connectivity index (χ1v) is 18.5. The number of nitrogens with zero attached hydrogens (tertiary/aromatic N) is 3. The van der Waals surface area contributed by atoms with E-state index < -0.39 is 41.4 Å². The van der Waals surface area contributed by atoms with Gasteiger partial charge >= 0.3 is 18.2 Å². The minimum absolute atomic E-state index is 0.101. The highest BCUT2D eigenvalue weighted by Gasteiger charge is 2.33. The third kappa shape index (κ3) is 10.7. The lowest BCUT2D eigenvalue weighted by Crippen LogP contribution is -2.37. The van der Waals surface area contributed by atoms with E-state index in [-0.39, 0.29) is 18.9 Å². The van der Waals surface area contributed by atoms with Crippen LogP contribution in [0.5, 0.6) is 0 Å². The van der Waals surface area contributed by atoms with Crippen molar-refractivity contribution >= 4 is 18.2 Å². The first-order valence-electron chi connectivity index (χ1n) is 18.5. The molecule has 282 valence electrons. The van der Waals surface area contributed by atoms with Gasteiger partial charge in [0.2, 0.25) is 0 Å². The molecule has 0 spiro atoms. The van der Waals surface area contributed by atoms with Gasteiger partial charge in [-0.25, -0.2) is 9.59 Å². The van der Waals surface area contributed by atoms with Gasteiger partial charge in [-0.05, 0) is 82.2 Å². The normalized spacial score (nSPS) is 13.7. The summed E-state index contributed by atoms with van der Waals surface area (Å²) in [4.78, 5) is 40.2.